The van der Waals surface area contributed by atoms with E-state index >= 15 is 0 Å². The number of carbonyl (C=O) groups is 2. The van der Waals surface area contributed by atoms with Crippen LogP contribution in [-0.4, -0.2) is 22.7 Å². The number of rotatable bonds is 7. The van der Waals surface area contributed by atoms with Gasteiger partial charge in [-0.1, -0.05) is 61.9 Å². The zero-order chi connectivity index (χ0) is 21.8. The zero-order valence-electron chi connectivity index (χ0n) is 17.1. The molecular weight excluding hydrogens is 413 g/mol. The summed E-state index contributed by atoms with van der Waals surface area (Å²) >= 11 is 0.868. The first kappa shape index (κ1) is 21.1. The highest BCUT2D eigenvalue weighted by atomic mass is 32.2. The average molecular weight is 436 g/mol. The molecular formula is C25H22FNO3S. The third-order valence-electron chi connectivity index (χ3n) is 5.12. The van der Waals surface area contributed by atoms with Crippen LogP contribution in [-0.2, 0) is 11.3 Å². The van der Waals surface area contributed by atoms with Crippen LogP contribution in [0.25, 0.3) is 16.8 Å². The fraction of sp³-hybridized carbons (Fsp3) is 0.200. The minimum Gasteiger partial charge on any atom is -0.493 e. The van der Waals surface area contributed by atoms with Crippen molar-refractivity contribution in [1.82, 2.24) is 4.90 Å². The van der Waals surface area contributed by atoms with Crippen molar-refractivity contribution in [3.05, 3.63) is 82.5 Å². The van der Waals surface area contributed by atoms with E-state index in [0.717, 1.165) is 45.8 Å². The number of unbranched alkanes of at least 4 members (excludes halogenated alkanes) is 1. The van der Waals surface area contributed by atoms with Gasteiger partial charge in [0.25, 0.3) is 11.1 Å². The maximum absolute atomic E-state index is 14.0. The number of hydrogen-bond acceptors (Lipinski definition) is 4. The third kappa shape index (κ3) is 4.49. The molecule has 158 valence electrons. The number of amides is 2. The molecule has 0 aromatic heterocycles. The molecule has 3 aromatic carbocycles. The van der Waals surface area contributed by atoms with Gasteiger partial charge < -0.3 is 4.74 Å². The van der Waals surface area contributed by atoms with Crippen LogP contribution < -0.4 is 4.74 Å². The fourth-order valence-corrected chi connectivity index (χ4v) is 4.26. The van der Waals surface area contributed by atoms with Crippen molar-refractivity contribution in [2.24, 2.45) is 0 Å². The first-order chi connectivity index (χ1) is 15.1. The summed E-state index contributed by atoms with van der Waals surface area (Å²) in [7, 11) is 0. The van der Waals surface area contributed by atoms with Gasteiger partial charge in [-0.15, -0.1) is 0 Å². The monoisotopic (exact) mass is 435 g/mol. The Balaban J connectivity index is 1.69. The standard InChI is InChI=1S/C25H22FNO3S/c1-2-3-14-30-22-13-12-17-8-4-6-10-19(17)20(22)15-23-24(28)27(25(29)31-23)16-18-9-5-7-11-21(18)26/h4-13,15H,2-3,14,16H2,1H3/b23-15-. The summed E-state index contributed by atoms with van der Waals surface area (Å²) in [6.45, 7) is 2.57. The van der Waals surface area contributed by atoms with E-state index in [1.54, 1.807) is 24.3 Å². The number of carbonyl (C=O) groups excluding carboxylic acids is 2. The van der Waals surface area contributed by atoms with Gasteiger partial charge in [-0.25, -0.2) is 4.39 Å². The van der Waals surface area contributed by atoms with Crippen LogP contribution in [0.4, 0.5) is 9.18 Å². The Morgan fingerprint density at radius 1 is 1.03 bits per heavy atom. The lowest BCUT2D eigenvalue weighted by molar-refractivity contribution is -0.123. The van der Waals surface area contributed by atoms with Gasteiger partial charge in [-0.2, -0.15) is 0 Å². The van der Waals surface area contributed by atoms with Crippen LogP contribution in [0.3, 0.4) is 0 Å². The van der Waals surface area contributed by atoms with Gasteiger partial charge in [0, 0.05) is 11.1 Å². The average Bonchev–Trinajstić information content (AvgIpc) is 3.04. The van der Waals surface area contributed by atoms with Crippen molar-refractivity contribution in [2.45, 2.75) is 26.3 Å². The van der Waals surface area contributed by atoms with E-state index in [1.807, 2.05) is 36.4 Å². The maximum Gasteiger partial charge on any atom is 0.293 e. The quantitative estimate of drug-likeness (QED) is 0.318. The van der Waals surface area contributed by atoms with Crippen LogP contribution in [0.2, 0.25) is 0 Å². The summed E-state index contributed by atoms with van der Waals surface area (Å²) in [5.41, 5.74) is 1.07. The Bertz CT molecular complexity index is 1170. The second-order valence-corrected chi connectivity index (χ2v) is 8.25. The second-order valence-electron chi connectivity index (χ2n) is 7.26. The maximum atomic E-state index is 14.0. The molecule has 1 aliphatic heterocycles. The molecule has 2 amide bonds. The van der Waals surface area contributed by atoms with Gasteiger partial charge in [0.2, 0.25) is 0 Å². The molecule has 0 spiro atoms. The van der Waals surface area contributed by atoms with Crippen molar-refractivity contribution in [3.8, 4) is 5.75 Å². The van der Waals surface area contributed by atoms with Crippen molar-refractivity contribution >= 4 is 39.8 Å². The molecule has 1 fully saturated rings. The van der Waals surface area contributed by atoms with Gasteiger partial charge in [0.05, 0.1) is 18.1 Å². The molecule has 6 heteroatoms. The molecule has 1 aliphatic rings. The summed E-state index contributed by atoms with van der Waals surface area (Å²) in [5, 5.41) is 1.55. The first-order valence-corrected chi connectivity index (χ1v) is 11.0. The van der Waals surface area contributed by atoms with Crippen LogP contribution in [0.15, 0.2) is 65.6 Å². The molecule has 31 heavy (non-hydrogen) atoms. The molecule has 1 heterocycles. The first-order valence-electron chi connectivity index (χ1n) is 10.2. The van der Waals surface area contributed by atoms with Gasteiger partial charge in [-0.05, 0) is 47.2 Å². The Labute approximate surface area is 184 Å². The minimum atomic E-state index is -0.439. The molecule has 4 rings (SSSR count). The summed E-state index contributed by atoms with van der Waals surface area (Å²) in [5.74, 6) is -0.190. The van der Waals surface area contributed by atoms with Crippen LogP contribution in [0.1, 0.15) is 30.9 Å². The number of ether oxygens (including phenoxy) is 1. The topological polar surface area (TPSA) is 46.6 Å². The van der Waals surface area contributed by atoms with Gasteiger partial charge in [-0.3, -0.25) is 14.5 Å². The lowest BCUT2D eigenvalue weighted by Gasteiger charge is -2.13. The zero-order valence-corrected chi connectivity index (χ0v) is 18.0. The molecule has 0 unspecified atom stereocenters. The molecule has 0 radical (unpaired) electrons. The number of hydrogen-bond donors (Lipinski definition) is 0. The van der Waals surface area contributed by atoms with Crippen LogP contribution in [0, 0.1) is 5.82 Å². The normalized spacial score (nSPS) is 15.3. The number of fused-ring (bicyclic) bond motifs is 1. The highest BCUT2D eigenvalue weighted by Gasteiger charge is 2.35. The smallest absolute Gasteiger partial charge is 0.293 e. The molecule has 0 N–H and O–H groups in total. The number of halogens is 1. The number of benzene rings is 3. The third-order valence-corrected chi connectivity index (χ3v) is 6.03. The largest absolute Gasteiger partial charge is 0.493 e. The Morgan fingerprint density at radius 2 is 1.81 bits per heavy atom. The van der Waals surface area contributed by atoms with Crippen molar-refractivity contribution in [2.75, 3.05) is 6.61 Å². The van der Waals surface area contributed by atoms with E-state index in [0.29, 0.717) is 22.8 Å². The predicted molar refractivity (Wildman–Crippen MR) is 122 cm³/mol. The van der Waals surface area contributed by atoms with E-state index < -0.39 is 17.0 Å². The van der Waals surface area contributed by atoms with Crippen molar-refractivity contribution in [1.29, 1.82) is 0 Å². The van der Waals surface area contributed by atoms with E-state index in [1.165, 1.54) is 6.07 Å². The van der Waals surface area contributed by atoms with Crippen LogP contribution in [0.5, 0.6) is 5.75 Å². The van der Waals surface area contributed by atoms with Gasteiger partial charge >= 0.3 is 0 Å². The second kappa shape index (κ2) is 9.35. The summed E-state index contributed by atoms with van der Waals surface area (Å²) in [6.07, 6.45) is 3.65. The fourth-order valence-electron chi connectivity index (χ4n) is 3.44. The van der Waals surface area contributed by atoms with Crippen molar-refractivity contribution in [3.63, 3.8) is 0 Å². The molecule has 3 aromatic rings. The highest BCUT2D eigenvalue weighted by Crippen LogP contribution is 2.37. The van der Waals surface area contributed by atoms with Gasteiger partial charge in [0.1, 0.15) is 11.6 Å². The number of thioether (sulfide) groups is 1. The lowest BCUT2D eigenvalue weighted by atomic mass is 10.0. The van der Waals surface area contributed by atoms with Gasteiger partial charge in [0.15, 0.2) is 0 Å². The Morgan fingerprint density at radius 3 is 2.61 bits per heavy atom. The predicted octanol–water partition coefficient (Wildman–Crippen LogP) is 6.39. The number of nitrogens with zero attached hydrogens (tertiary/aromatic N) is 1. The molecule has 1 saturated heterocycles. The van der Waals surface area contributed by atoms with Crippen molar-refractivity contribution < 1.29 is 18.7 Å². The molecule has 0 bridgehead atoms. The summed E-state index contributed by atoms with van der Waals surface area (Å²) < 4.78 is 20.0. The highest BCUT2D eigenvalue weighted by molar-refractivity contribution is 8.18. The molecule has 0 atom stereocenters. The number of imide groups is 1. The molecule has 0 saturated carbocycles. The summed E-state index contributed by atoms with van der Waals surface area (Å²) in [4.78, 5) is 26.9. The lowest BCUT2D eigenvalue weighted by Crippen LogP contribution is -2.27. The van der Waals surface area contributed by atoms with E-state index in [4.69, 9.17) is 4.74 Å². The van der Waals surface area contributed by atoms with E-state index in [-0.39, 0.29) is 6.54 Å². The Hall–Kier alpha value is -3.12. The SMILES string of the molecule is CCCCOc1ccc2ccccc2c1/C=C1\SC(=O)N(Cc2ccccc2F)C1=O. The van der Waals surface area contributed by atoms with E-state index in [9.17, 15) is 14.0 Å². The van der Waals surface area contributed by atoms with Crippen LogP contribution >= 0.6 is 11.8 Å². The Kier molecular flexibility index (Phi) is 6.37. The summed E-state index contributed by atoms with van der Waals surface area (Å²) in [6, 6.07) is 17.9. The van der Waals surface area contributed by atoms with E-state index in [2.05, 4.69) is 6.92 Å². The minimum absolute atomic E-state index is 0.0932. The molecule has 4 nitrogen and oxygen atoms in total. The molecule has 0 aliphatic carbocycles.